The highest BCUT2D eigenvalue weighted by molar-refractivity contribution is 5.10. The van der Waals surface area contributed by atoms with E-state index in [-0.39, 0.29) is 0 Å². The van der Waals surface area contributed by atoms with Crippen LogP contribution in [0, 0.1) is 11.8 Å². The maximum Gasteiger partial charge on any atom is 0.0625 e. The van der Waals surface area contributed by atoms with Crippen molar-refractivity contribution in [3.63, 3.8) is 0 Å². The zero-order chi connectivity index (χ0) is 6.72. The fraction of sp³-hybridized carbons (Fsp3) is 1.00. The van der Waals surface area contributed by atoms with Gasteiger partial charge in [-0.05, 0) is 25.3 Å². The Hall–Kier alpha value is -0.0800. The van der Waals surface area contributed by atoms with Crippen LogP contribution in [0.1, 0.15) is 6.42 Å². The number of nitrogens with zero attached hydrogens (tertiary/aromatic N) is 1. The minimum Gasteiger partial charge on any atom is -0.378 e. The fourth-order valence-electron chi connectivity index (χ4n) is 2.76. The number of ether oxygens (including phenoxy) is 1. The Kier molecular flexibility index (Phi) is 0.868. The van der Waals surface area contributed by atoms with Gasteiger partial charge in [0.25, 0.3) is 0 Å². The lowest BCUT2D eigenvalue weighted by molar-refractivity contribution is -0.0186. The summed E-state index contributed by atoms with van der Waals surface area (Å²) in [6.07, 6.45) is 1.49. The van der Waals surface area contributed by atoms with E-state index in [1.165, 1.54) is 6.42 Å². The maximum atomic E-state index is 5.49. The molecule has 0 N–H and O–H groups in total. The lowest BCUT2D eigenvalue weighted by Gasteiger charge is -2.34. The van der Waals surface area contributed by atoms with Crippen LogP contribution in [0.25, 0.3) is 0 Å². The zero-order valence-corrected chi connectivity index (χ0v) is 6.29. The van der Waals surface area contributed by atoms with Crippen molar-refractivity contribution < 1.29 is 4.74 Å². The minimum atomic E-state index is 0.781. The van der Waals surface area contributed by atoms with Gasteiger partial charge in [0.05, 0.1) is 13.2 Å². The van der Waals surface area contributed by atoms with E-state index in [4.69, 9.17) is 4.74 Å². The molecular weight excluding hydrogens is 126 g/mol. The standard InChI is InChI=1S/C8H13NO/c1-9-7-3-10-4-8(9)6-2-5(6)7/h5-8H,2-4H2,1H3. The van der Waals surface area contributed by atoms with Crippen LogP contribution in [0.15, 0.2) is 0 Å². The maximum absolute atomic E-state index is 5.49. The van der Waals surface area contributed by atoms with E-state index in [0.717, 1.165) is 37.1 Å². The van der Waals surface area contributed by atoms with E-state index in [1.54, 1.807) is 0 Å². The third kappa shape index (κ3) is 0.487. The van der Waals surface area contributed by atoms with Crippen molar-refractivity contribution in [1.82, 2.24) is 4.90 Å². The Balaban J connectivity index is 1.94. The van der Waals surface area contributed by atoms with E-state index in [1.807, 2.05) is 0 Å². The van der Waals surface area contributed by atoms with Crippen LogP contribution in [0.4, 0.5) is 0 Å². The van der Waals surface area contributed by atoms with Gasteiger partial charge in [-0.2, -0.15) is 0 Å². The Morgan fingerprint density at radius 1 is 1.20 bits per heavy atom. The van der Waals surface area contributed by atoms with Crippen molar-refractivity contribution in [2.45, 2.75) is 18.5 Å². The molecule has 2 heteroatoms. The van der Waals surface area contributed by atoms with Gasteiger partial charge < -0.3 is 4.74 Å². The molecule has 1 aliphatic carbocycles. The molecule has 1 saturated carbocycles. The van der Waals surface area contributed by atoms with Crippen molar-refractivity contribution in [2.24, 2.45) is 11.8 Å². The predicted molar refractivity (Wildman–Crippen MR) is 37.8 cm³/mol. The van der Waals surface area contributed by atoms with E-state index in [2.05, 4.69) is 11.9 Å². The second kappa shape index (κ2) is 1.56. The van der Waals surface area contributed by atoms with E-state index < -0.39 is 0 Å². The van der Waals surface area contributed by atoms with E-state index in [0.29, 0.717) is 0 Å². The molecule has 2 bridgehead atoms. The smallest absolute Gasteiger partial charge is 0.0625 e. The number of hydrogen-bond acceptors (Lipinski definition) is 2. The van der Waals surface area contributed by atoms with Crippen molar-refractivity contribution in [1.29, 1.82) is 0 Å². The molecule has 4 atom stereocenters. The van der Waals surface area contributed by atoms with Gasteiger partial charge in [0.2, 0.25) is 0 Å². The second-order valence-electron chi connectivity index (χ2n) is 3.90. The molecule has 2 heterocycles. The summed E-state index contributed by atoms with van der Waals surface area (Å²) in [6.45, 7) is 1.99. The van der Waals surface area contributed by atoms with Gasteiger partial charge in [-0.1, -0.05) is 0 Å². The molecule has 10 heavy (non-hydrogen) atoms. The summed E-state index contributed by atoms with van der Waals surface area (Å²) in [7, 11) is 2.25. The van der Waals surface area contributed by atoms with Crippen molar-refractivity contribution in [3.8, 4) is 0 Å². The summed E-state index contributed by atoms with van der Waals surface area (Å²) in [5.74, 6) is 2.02. The second-order valence-corrected chi connectivity index (χ2v) is 3.90. The summed E-state index contributed by atoms with van der Waals surface area (Å²) in [4.78, 5) is 2.53. The average molecular weight is 139 g/mol. The molecule has 0 aromatic carbocycles. The predicted octanol–water partition coefficient (Wildman–Crippen LogP) is 0.335. The number of hydrogen-bond donors (Lipinski definition) is 0. The molecule has 0 spiro atoms. The van der Waals surface area contributed by atoms with Crippen LogP contribution in [-0.2, 0) is 4.74 Å². The summed E-state index contributed by atoms with van der Waals surface area (Å²) in [6, 6.07) is 1.56. The molecule has 56 valence electrons. The van der Waals surface area contributed by atoms with Crippen molar-refractivity contribution in [3.05, 3.63) is 0 Å². The molecule has 4 unspecified atom stereocenters. The first-order valence-corrected chi connectivity index (χ1v) is 4.17. The van der Waals surface area contributed by atoms with Crippen LogP contribution in [-0.4, -0.2) is 37.2 Å². The molecule has 0 aromatic heterocycles. The first-order chi connectivity index (χ1) is 4.88. The van der Waals surface area contributed by atoms with Crippen LogP contribution < -0.4 is 0 Å². The molecule has 0 amide bonds. The summed E-state index contributed by atoms with van der Waals surface area (Å²) < 4.78 is 5.49. The Morgan fingerprint density at radius 3 is 2.30 bits per heavy atom. The first kappa shape index (κ1) is 5.56. The van der Waals surface area contributed by atoms with E-state index in [9.17, 15) is 0 Å². The molecular formula is C8H13NO. The van der Waals surface area contributed by atoms with Crippen molar-refractivity contribution in [2.75, 3.05) is 20.3 Å². The quantitative estimate of drug-likeness (QED) is 0.479. The van der Waals surface area contributed by atoms with Gasteiger partial charge in [-0.3, -0.25) is 4.90 Å². The highest BCUT2D eigenvalue weighted by Gasteiger charge is 2.58. The van der Waals surface area contributed by atoms with Crippen LogP contribution in [0.5, 0.6) is 0 Å². The zero-order valence-electron chi connectivity index (χ0n) is 6.29. The van der Waals surface area contributed by atoms with Gasteiger partial charge in [0, 0.05) is 12.1 Å². The number of likely N-dealkylation sites (N-methyl/N-ethyl adjacent to an activating group) is 1. The Labute approximate surface area is 61.1 Å². The van der Waals surface area contributed by atoms with Gasteiger partial charge >= 0.3 is 0 Å². The Morgan fingerprint density at radius 2 is 1.80 bits per heavy atom. The van der Waals surface area contributed by atoms with E-state index >= 15 is 0 Å². The van der Waals surface area contributed by atoms with Crippen LogP contribution in [0.2, 0.25) is 0 Å². The SMILES string of the molecule is CN1C2COCC1C1CC12. The summed E-state index contributed by atoms with van der Waals surface area (Å²) in [5.41, 5.74) is 0. The van der Waals surface area contributed by atoms with Crippen molar-refractivity contribution >= 4 is 0 Å². The average Bonchev–Trinajstić information content (AvgIpc) is 2.59. The lowest BCUT2D eigenvalue weighted by Crippen LogP contribution is -2.46. The molecule has 2 saturated heterocycles. The lowest BCUT2D eigenvalue weighted by atomic mass is 10.2. The molecule has 2 aliphatic heterocycles. The number of piperidine rings is 1. The summed E-state index contributed by atoms with van der Waals surface area (Å²) in [5, 5.41) is 0. The largest absolute Gasteiger partial charge is 0.378 e. The molecule has 3 aliphatic rings. The van der Waals surface area contributed by atoms with Crippen LogP contribution in [0.3, 0.4) is 0 Å². The summed E-state index contributed by atoms with van der Waals surface area (Å²) >= 11 is 0. The fourth-order valence-corrected chi connectivity index (χ4v) is 2.76. The highest BCUT2D eigenvalue weighted by Crippen LogP contribution is 2.54. The monoisotopic (exact) mass is 139 g/mol. The third-order valence-corrected chi connectivity index (χ3v) is 3.50. The first-order valence-electron chi connectivity index (χ1n) is 4.17. The minimum absolute atomic E-state index is 0.781. The molecule has 2 nitrogen and oxygen atoms in total. The van der Waals surface area contributed by atoms with Gasteiger partial charge in [0.1, 0.15) is 0 Å². The topological polar surface area (TPSA) is 12.5 Å². The van der Waals surface area contributed by atoms with Gasteiger partial charge in [-0.25, -0.2) is 0 Å². The molecule has 3 fully saturated rings. The number of morpholine rings is 1. The molecule has 0 radical (unpaired) electrons. The normalized spacial score (nSPS) is 58.5. The molecule has 3 rings (SSSR count). The number of rotatable bonds is 0. The third-order valence-electron chi connectivity index (χ3n) is 3.50. The van der Waals surface area contributed by atoms with Gasteiger partial charge in [0.15, 0.2) is 0 Å². The van der Waals surface area contributed by atoms with Gasteiger partial charge in [-0.15, -0.1) is 0 Å². The Bertz CT molecular complexity index is 155. The van der Waals surface area contributed by atoms with Crippen LogP contribution >= 0.6 is 0 Å². The molecule has 0 aromatic rings. The number of fused-ring (bicyclic) bond motifs is 5. The highest BCUT2D eigenvalue weighted by atomic mass is 16.5.